The second-order valence-corrected chi connectivity index (χ2v) is 11.5. The highest BCUT2D eigenvalue weighted by Gasteiger charge is 2.26. The second kappa shape index (κ2) is 17.8. The lowest BCUT2D eigenvalue weighted by Crippen LogP contribution is -2.42. The molecule has 0 radical (unpaired) electrons. The van der Waals surface area contributed by atoms with E-state index in [1.165, 1.54) is 18.3 Å². The van der Waals surface area contributed by atoms with Crippen molar-refractivity contribution in [3.05, 3.63) is 52.1 Å². The minimum Gasteiger partial charge on any atom is -0.480 e. The van der Waals surface area contributed by atoms with Gasteiger partial charge in [0.15, 0.2) is 11.2 Å². The number of hydrogen-bond acceptors (Lipinski definition) is 14. The second-order valence-electron chi connectivity index (χ2n) is 11.1. The van der Waals surface area contributed by atoms with Gasteiger partial charge in [0, 0.05) is 42.3 Å². The van der Waals surface area contributed by atoms with Crippen molar-refractivity contribution < 1.29 is 34.2 Å². The molecule has 0 bridgehead atoms. The van der Waals surface area contributed by atoms with E-state index in [-0.39, 0.29) is 73.1 Å². The Hall–Kier alpha value is -4.94. The number of carboxylic acids is 1. The van der Waals surface area contributed by atoms with Crippen molar-refractivity contribution >= 4 is 64.8 Å². The topological polar surface area (TPSA) is 285 Å². The summed E-state index contributed by atoms with van der Waals surface area (Å²) >= 11 is 4.08. The molecule has 3 rings (SSSR count). The summed E-state index contributed by atoms with van der Waals surface area (Å²) in [6.07, 6.45) is 0.648. The van der Waals surface area contributed by atoms with Gasteiger partial charge in [-0.2, -0.15) is 17.6 Å². The van der Waals surface area contributed by atoms with Crippen LogP contribution in [-0.2, 0) is 25.7 Å². The van der Waals surface area contributed by atoms with E-state index in [1.54, 1.807) is 19.1 Å². The number of carbonyl (C=O) groups excluding carboxylic acids is 4. The molecule has 1 aromatic carbocycles. The van der Waals surface area contributed by atoms with Crippen molar-refractivity contribution in [2.75, 3.05) is 23.4 Å². The molecule has 2 heterocycles. The van der Waals surface area contributed by atoms with Crippen molar-refractivity contribution in [1.29, 1.82) is 0 Å². The molecule has 2 amide bonds. The van der Waals surface area contributed by atoms with Crippen LogP contribution in [0.1, 0.15) is 55.1 Å². The summed E-state index contributed by atoms with van der Waals surface area (Å²) in [5, 5.41) is 27.3. The van der Waals surface area contributed by atoms with E-state index >= 15 is 0 Å². The Bertz CT molecular complexity index is 1690. The van der Waals surface area contributed by atoms with Crippen LogP contribution >= 0.6 is 12.6 Å². The zero-order valence-corrected chi connectivity index (χ0v) is 27.0. The van der Waals surface area contributed by atoms with Gasteiger partial charge in [0.25, 0.3) is 11.5 Å². The number of Topliss-reactive ketones (excluding diaryl/α,β-unsaturated/α-hetero) is 2. The minimum absolute atomic E-state index is 0.0208. The van der Waals surface area contributed by atoms with Crippen LogP contribution in [0.15, 0.2) is 35.3 Å². The highest BCUT2D eigenvalue weighted by molar-refractivity contribution is 7.80. The summed E-state index contributed by atoms with van der Waals surface area (Å²) in [7, 11) is 0. The number of aliphatic carboxylic acids is 1. The van der Waals surface area contributed by atoms with Crippen molar-refractivity contribution in [3.8, 4) is 0 Å². The maximum absolute atomic E-state index is 12.8. The number of nitrogens with zero attached hydrogens (tertiary/aromatic N) is 3. The van der Waals surface area contributed by atoms with Crippen LogP contribution in [0.5, 0.6) is 0 Å². The summed E-state index contributed by atoms with van der Waals surface area (Å²) in [4.78, 5) is 88.4. The Morgan fingerprint density at radius 3 is 2.38 bits per heavy atom. The number of amides is 2. The van der Waals surface area contributed by atoms with E-state index in [2.05, 4.69) is 48.5 Å². The first kappa shape index (κ1) is 37.5. The molecule has 0 aliphatic carbocycles. The molecule has 17 nitrogen and oxygen atoms in total. The van der Waals surface area contributed by atoms with Crippen molar-refractivity contribution in [1.82, 2.24) is 30.6 Å². The maximum atomic E-state index is 12.8. The largest absolute Gasteiger partial charge is 0.480 e. The summed E-state index contributed by atoms with van der Waals surface area (Å²) in [6.45, 7) is 1.37. The molecule has 48 heavy (non-hydrogen) atoms. The van der Waals surface area contributed by atoms with Crippen LogP contribution in [0.25, 0.3) is 11.2 Å². The molecule has 18 heteroatoms. The summed E-state index contributed by atoms with van der Waals surface area (Å²) < 4.78 is 0. The number of aliphatic hydroxyl groups excluding tert-OH is 1. The maximum Gasteiger partial charge on any atom is 0.326 e. The van der Waals surface area contributed by atoms with E-state index in [0.29, 0.717) is 17.1 Å². The number of aliphatic hydroxyl groups is 1. The molecular weight excluding hydrogens is 646 g/mol. The number of nitrogens with one attached hydrogen (secondary N) is 4. The van der Waals surface area contributed by atoms with Gasteiger partial charge >= 0.3 is 5.97 Å². The smallest absolute Gasteiger partial charge is 0.326 e. The third-order valence-corrected chi connectivity index (χ3v) is 7.82. The zero-order chi connectivity index (χ0) is 35.4. The summed E-state index contributed by atoms with van der Waals surface area (Å²) in [5.74, 6) is -4.00. The third kappa shape index (κ3) is 11.1. The van der Waals surface area contributed by atoms with Crippen molar-refractivity contribution in [3.63, 3.8) is 0 Å². The molecule has 0 unspecified atom stereocenters. The van der Waals surface area contributed by atoms with E-state index in [9.17, 15) is 39.0 Å². The molecule has 0 saturated heterocycles. The van der Waals surface area contributed by atoms with Crippen LogP contribution in [0.4, 0.5) is 11.6 Å². The van der Waals surface area contributed by atoms with Gasteiger partial charge in [-0.1, -0.05) is 0 Å². The van der Waals surface area contributed by atoms with Gasteiger partial charge in [-0.05, 0) is 44.0 Å². The molecule has 0 spiro atoms. The van der Waals surface area contributed by atoms with Crippen LogP contribution < -0.4 is 33.0 Å². The Kier molecular flexibility index (Phi) is 13.9. The number of hydrogen-bond donors (Lipinski definition) is 9. The van der Waals surface area contributed by atoms with Crippen LogP contribution in [0, 0.1) is 5.92 Å². The first-order chi connectivity index (χ1) is 22.8. The van der Waals surface area contributed by atoms with E-state index in [1.807, 2.05) is 0 Å². The number of rotatable bonds is 19. The number of anilines is 2. The lowest BCUT2D eigenvalue weighted by atomic mass is 9.95. The van der Waals surface area contributed by atoms with Gasteiger partial charge in [0.2, 0.25) is 11.9 Å². The standard InChI is InChI=1S/C30H39N9O8S/c1-15(14-48)35-27(44)17(13-40)10-23(42)21(31)8-6-20(41)7-9-22(29(46)47)37-26(43)16-2-4-18(5-3-16)33-11-19-12-34-25-24(36-19)28(45)39-30(32)38-25/h2-5,12,15,17,21-22,33,40,48H,6-11,13-14,31H2,1H3,(H,35,44)(H,37,43)(H,46,47)(H3,32,34,38,39,45)/t15-,17+,21+,22+/m1/s1. The minimum atomic E-state index is -1.35. The Morgan fingerprint density at radius 2 is 1.73 bits per heavy atom. The first-order valence-corrected chi connectivity index (χ1v) is 15.7. The molecule has 0 fully saturated rings. The van der Waals surface area contributed by atoms with Crippen molar-refractivity contribution in [2.24, 2.45) is 11.7 Å². The van der Waals surface area contributed by atoms with Crippen LogP contribution in [0.3, 0.4) is 0 Å². The van der Waals surface area contributed by atoms with Gasteiger partial charge in [-0.15, -0.1) is 0 Å². The predicted octanol–water partition coefficient (Wildman–Crippen LogP) is -0.451. The monoisotopic (exact) mass is 685 g/mol. The molecule has 0 aliphatic heterocycles. The van der Waals surface area contributed by atoms with Crippen LogP contribution in [0.2, 0.25) is 0 Å². The SMILES string of the molecule is C[C@H](CS)NC(=O)[C@H](CO)CC(=O)[C@@H](N)CCC(=O)CC[C@H](NC(=O)c1ccc(NCc2cnc3nc(N)[nH]c(=O)c3n2)cc1)C(=O)O. The Balaban J connectivity index is 1.45. The average Bonchev–Trinajstić information content (AvgIpc) is 3.06. The first-order valence-electron chi connectivity index (χ1n) is 15.0. The third-order valence-electron chi connectivity index (χ3n) is 7.27. The predicted molar refractivity (Wildman–Crippen MR) is 178 cm³/mol. The number of fused-ring (bicyclic) bond motifs is 1. The molecule has 258 valence electrons. The number of ketones is 2. The fourth-order valence-corrected chi connectivity index (χ4v) is 4.53. The van der Waals surface area contributed by atoms with E-state index in [0.717, 1.165) is 0 Å². The Labute approximate surface area is 280 Å². The number of carbonyl (C=O) groups is 5. The molecule has 0 saturated carbocycles. The Morgan fingerprint density at radius 1 is 1.04 bits per heavy atom. The number of aromatic nitrogens is 4. The van der Waals surface area contributed by atoms with Crippen LogP contribution in [-0.4, -0.2) is 90.0 Å². The van der Waals surface area contributed by atoms with Gasteiger partial charge < -0.3 is 37.6 Å². The summed E-state index contributed by atoms with van der Waals surface area (Å²) in [6, 6.07) is 3.51. The molecule has 3 aromatic rings. The van der Waals surface area contributed by atoms with Gasteiger partial charge in [-0.3, -0.25) is 29.0 Å². The molecule has 0 aliphatic rings. The van der Waals surface area contributed by atoms with E-state index < -0.39 is 53.7 Å². The fraction of sp³-hybridized carbons (Fsp3) is 0.433. The quantitative estimate of drug-likeness (QED) is 0.0723. The number of nitrogen functional groups attached to an aromatic ring is 1. The zero-order valence-electron chi connectivity index (χ0n) is 26.1. The number of H-pyrrole nitrogens is 1. The molecule has 2 aromatic heterocycles. The molecule has 4 atom stereocenters. The van der Waals surface area contributed by atoms with Gasteiger partial charge in [0.1, 0.15) is 17.6 Å². The molecular formula is C30H39N9O8S. The van der Waals surface area contributed by atoms with E-state index in [4.69, 9.17) is 11.5 Å². The highest BCUT2D eigenvalue weighted by atomic mass is 32.1. The van der Waals surface area contributed by atoms with Gasteiger partial charge in [-0.25, -0.2) is 14.8 Å². The number of thiol groups is 1. The lowest BCUT2D eigenvalue weighted by Gasteiger charge is -2.19. The number of carboxylic acid groups (broad SMARTS) is 1. The summed E-state index contributed by atoms with van der Waals surface area (Å²) in [5.41, 5.74) is 12.3. The number of aromatic amines is 1. The molecule has 10 N–H and O–H groups in total. The normalized spacial score (nSPS) is 13.6. The van der Waals surface area contributed by atoms with Gasteiger partial charge in [0.05, 0.1) is 37.0 Å². The van der Waals surface area contributed by atoms with Crippen molar-refractivity contribution in [2.45, 2.75) is 63.7 Å². The average molecular weight is 686 g/mol. The number of nitrogens with two attached hydrogens (primary N) is 2. The lowest BCUT2D eigenvalue weighted by molar-refractivity contribution is -0.139. The highest BCUT2D eigenvalue weighted by Crippen LogP contribution is 2.14. The number of benzene rings is 1. The fourth-order valence-electron chi connectivity index (χ4n) is 4.44.